The molecule has 1 aromatic carbocycles. The van der Waals surface area contributed by atoms with Crippen LogP contribution in [0, 0.1) is 5.92 Å². The van der Waals surface area contributed by atoms with Gasteiger partial charge in [-0.05, 0) is 31.4 Å². The highest BCUT2D eigenvalue weighted by molar-refractivity contribution is 6.32. The van der Waals surface area contributed by atoms with Crippen LogP contribution in [0.1, 0.15) is 30.1 Å². The second-order valence-electron chi connectivity index (χ2n) is 5.59. The Kier molecular flexibility index (Phi) is 5.48. The van der Waals surface area contributed by atoms with Crippen LogP contribution in [0.3, 0.4) is 0 Å². The molecule has 1 aliphatic rings. The Labute approximate surface area is 131 Å². The fourth-order valence-corrected chi connectivity index (χ4v) is 3.04. The zero-order valence-corrected chi connectivity index (χ0v) is 13.6. The summed E-state index contributed by atoms with van der Waals surface area (Å²) in [4.78, 5) is 14.7. The predicted octanol–water partition coefficient (Wildman–Crippen LogP) is 3.27. The van der Waals surface area contributed by atoms with E-state index in [0.29, 0.717) is 34.5 Å². The Morgan fingerprint density at radius 3 is 2.67 bits per heavy atom. The van der Waals surface area contributed by atoms with Crippen molar-refractivity contribution in [3.05, 3.63) is 22.7 Å². The van der Waals surface area contributed by atoms with E-state index >= 15 is 0 Å². The van der Waals surface area contributed by atoms with Gasteiger partial charge in [0.15, 0.2) is 5.78 Å². The van der Waals surface area contributed by atoms with Crippen molar-refractivity contribution >= 4 is 17.4 Å². The second kappa shape index (κ2) is 7.14. The van der Waals surface area contributed by atoms with E-state index in [0.717, 1.165) is 19.5 Å². The molecule has 0 aliphatic carbocycles. The fourth-order valence-electron chi connectivity index (χ4n) is 2.80. The number of nitrogens with zero attached hydrogens (tertiary/aromatic N) is 1. The van der Waals surface area contributed by atoms with Gasteiger partial charge < -0.3 is 9.47 Å². The van der Waals surface area contributed by atoms with Gasteiger partial charge in [-0.3, -0.25) is 9.69 Å². The van der Waals surface area contributed by atoms with Gasteiger partial charge in [-0.25, -0.2) is 0 Å². The van der Waals surface area contributed by atoms with Crippen molar-refractivity contribution in [1.29, 1.82) is 0 Å². The van der Waals surface area contributed by atoms with Crippen molar-refractivity contribution in [1.82, 2.24) is 4.90 Å². The maximum Gasteiger partial charge on any atom is 0.180 e. The number of carbonyl (C=O) groups excluding carboxylic acids is 1. The standard InChI is InChI=1S/C16H22ClNO3/c1-11-5-4-6-18(9-11)10-14(19)12-7-13(17)16(21-3)8-15(12)20-2/h7-8,11H,4-6,9-10H2,1-3H3. The summed E-state index contributed by atoms with van der Waals surface area (Å²) >= 11 is 6.12. The van der Waals surface area contributed by atoms with Crippen LogP contribution in [-0.2, 0) is 0 Å². The zero-order valence-electron chi connectivity index (χ0n) is 12.8. The Balaban J connectivity index is 2.16. The lowest BCUT2D eigenvalue weighted by atomic mass is 9.99. The normalized spacial score (nSPS) is 19.3. The van der Waals surface area contributed by atoms with E-state index in [1.54, 1.807) is 19.2 Å². The third kappa shape index (κ3) is 3.89. The van der Waals surface area contributed by atoms with Crippen LogP contribution in [-0.4, -0.2) is 44.5 Å². The molecule has 0 amide bonds. The van der Waals surface area contributed by atoms with Gasteiger partial charge in [0.25, 0.3) is 0 Å². The van der Waals surface area contributed by atoms with Crippen molar-refractivity contribution in [3.63, 3.8) is 0 Å². The van der Waals surface area contributed by atoms with E-state index in [2.05, 4.69) is 11.8 Å². The average molecular weight is 312 g/mol. The largest absolute Gasteiger partial charge is 0.496 e. The van der Waals surface area contributed by atoms with Gasteiger partial charge >= 0.3 is 0 Å². The Hall–Kier alpha value is -1.26. The molecule has 1 saturated heterocycles. The molecular weight excluding hydrogens is 290 g/mol. The van der Waals surface area contributed by atoms with Crippen LogP contribution in [0.25, 0.3) is 0 Å². The smallest absolute Gasteiger partial charge is 0.180 e. The summed E-state index contributed by atoms with van der Waals surface area (Å²) in [6.45, 7) is 4.57. The highest BCUT2D eigenvalue weighted by Crippen LogP contribution is 2.33. The number of benzene rings is 1. The number of ketones is 1. The number of methoxy groups -OCH3 is 2. The van der Waals surface area contributed by atoms with Crippen LogP contribution in [0.4, 0.5) is 0 Å². The SMILES string of the molecule is COc1cc(OC)c(C(=O)CN2CCCC(C)C2)cc1Cl. The predicted molar refractivity (Wildman–Crippen MR) is 83.7 cm³/mol. The molecule has 1 unspecified atom stereocenters. The summed E-state index contributed by atoms with van der Waals surface area (Å²) in [6, 6.07) is 3.29. The minimum Gasteiger partial charge on any atom is -0.496 e. The van der Waals surface area contributed by atoms with Gasteiger partial charge in [-0.2, -0.15) is 0 Å². The molecule has 1 aromatic rings. The van der Waals surface area contributed by atoms with Crippen LogP contribution in [0.15, 0.2) is 12.1 Å². The molecule has 21 heavy (non-hydrogen) atoms. The monoisotopic (exact) mass is 311 g/mol. The summed E-state index contributed by atoms with van der Waals surface area (Å²) in [5.41, 5.74) is 0.515. The second-order valence-corrected chi connectivity index (χ2v) is 6.00. The summed E-state index contributed by atoms with van der Waals surface area (Å²) in [5.74, 6) is 1.70. The Bertz CT molecular complexity index is 518. The van der Waals surface area contributed by atoms with Crippen molar-refractivity contribution in [3.8, 4) is 11.5 Å². The molecule has 1 aliphatic heterocycles. The number of hydrogen-bond acceptors (Lipinski definition) is 4. The van der Waals surface area contributed by atoms with E-state index in [1.807, 2.05) is 0 Å². The van der Waals surface area contributed by atoms with Crippen molar-refractivity contribution in [2.75, 3.05) is 33.9 Å². The molecule has 2 rings (SSSR count). The number of Topliss-reactive ketones (excluding diaryl/α,β-unsaturated/α-hetero) is 1. The Morgan fingerprint density at radius 2 is 2.05 bits per heavy atom. The molecule has 0 spiro atoms. The molecule has 1 atom stereocenters. The first kappa shape index (κ1) is 16.1. The summed E-state index contributed by atoms with van der Waals surface area (Å²) in [7, 11) is 3.08. The lowest BCUT2D eigenvalue weighted by Crippen LogP contribution is -2.38. The summed E-state index contributed by atoms with van der Waals surface area (Å²) in [6.07, 6.45) is 2.39. The Morgan fingerprint density at radius 1 is 1.33 bits per heavy atom. The van der Waals surface area contributed by atoms with Gasteiger partial charge in [-0.15, -0.1) is 0 Å². The first-order chi connectivity index (χ1) is 10.0. The number of rotatable bonds is 5. The summed E-state index contributed by atoms with van der Waals surface area (Å²) in [5, 5.41) is 0.425. The van der Waals surface area contributed by atoms with Crippen molar-refractivity contribution < 1.29 is 14.3 Å². The van der Waals surface area contributed by atoms with Gasteiger partial charge in [0.2, 0.25) is 0 Å². The molecule has 0 aromatic heterocycles. The molecule has 5 heteroatoms. The molecule has 1 fully saturated rings. The van der Waals surface area contributed by atoms with Crippen LogP contribution >= 0.6 is 11.6 Å². The molecule has 0 N–H and O–H groups in total. The van der Waals surface area contributed by atoms with Gasteiger partial charge in [0.1, 0.15) is 11.5 Å². The van der Waals surface area contributed by atoms with E-state index in [-0.39, 0.29) is 5.78 Å². The molecule has 0 saturated carbocycles. The third-order valence-electron chi connectivity index (χ3n) is 3.88. The third-order valence-corrected chi connectivity index (χ3v) is 4.18. The summed E-state index contributed by atoms with van der Waals surface area (Å²) < 4.78 is 10.4. The zero-order chi connectivity index (χ0) is 15.4. The first-order valence-electron chi connectivity index (χ1n) is 7.22. The van der Waals surface area contributed by atoms with E-state index in [1.165, 1.54) is 13.5 Å². The molecule has 1 heterocycles. The molecule has 0 radical (unpaired) electrons. The van der Waals surface area contributed by atoms with E-state index < -0.39 is 0 Å². The van der Waals surface area contributed by atoms with E-state index in [4.69, 9.17) is 21.1 Å². The van der Waals surface area contributed by atoms with Gasteiger partial charge in [-0.1, -0.05) is 18.5 Å². The van der Waals surface area contributed by atoms with E-state index in [9.17, 15) is 4.79 Å². The van der Waals surface area contributed by atoms with Crippen molar-refractivity contribution in [2.24, 2.45) is 5.92 Å². The minimum atomic E-state index is 0.0329. The lowest BCUT2D eigenvalue weighted by molar-refractivity contribution is 0.0890. The number of likely N-dealkylation sites (tertiary alicyclic amines) is 1. The van der Waals surface area contributed by atoms with Crippen LogP contribution in [0.2, 0.25) is 5.02 Å². The maximum absolute atomic E-state index is 12.5. The molecular formula is C16H22ClNO3. The number of ether oxygens (including phenoxy) is 2. The molecule has 116 valence electrons. The lowest BCUT2D eigenvalue weighted by Gasteiger charge is -2.30. The van der Waals surface area contributed by atoms with Crippen molar-refractivity contribution in [2.45, 2.75) is 19.8 Å². The topological polar surface area (TPSA) is 38.8 Å². The quantitative estimate of drug-likeness (QED) is 0.782. The van der Waals surface area contributed by atoms with Crippen LogP contribution in [0.5, 0.6) is 11.5 Å². The van der Waals surface area contributed by atoms with Crippen LogP contribution < -0.4 is 9.47 Å². The number of piperidine rings is 1. The number of carbonyl (C=O) groups is 1. The van der Waals surface area contributed by atoms with Gasteiger partial charge in [0, 0.05) is 12.6 Å². The fraction of sp³-hybridized carbons (Fsp3) is 0.562. The average Bonchev–Trinajstić information content (AvgIpc) is 2.47. The molecule has 0 bridgehead atoms. The minimum absolute atomic E-state index is 0.0329. The number of halogens is 1. The number of hydrogen-bond donors (Lipinski definition) is 0. The highest BCUT2D eigenvalue weighted by Gasteiger charge is 2.22. The van der Waals surface area contributed by atoms with Gasteiger partial charge in [0.05, 0.1) is 31.4 Å². The maximum atomic E-state index is 12.5. The highest BCUT2D eigenvalue weighted by atomic mass is 35.5. The first-order valence-corrected chi connectivity index (χ1v) is 7.60. The molecule has 4 nitrogen and oxygen atoms in total.